The number of halogens is 3. The van der Waals surface area contributed by atoms with E-state index in [2.05, 4.69) is 25.1 Å². The highest BCUT2D eigenvalue weighted by molar-refractivity contribution is 5.78. The lowest BCUT2D eigenvalue weighted by atomic mass is 9.82. The second-order valence-electron chi connectivity index (χ2n) is 7.53. The molecule has 0 bridgehead atoms. The number of aryl methyl sites for hydroxylation is 2. The molecule has 4 rings (SSSR count). The van der Waals surface area contributed by atoms with Crippen molar-refractivity contribution in [3.8, 4) is 22.3 Å². The lowest BCUT2D eigenvalue weighted by Gasteiger charge is -2.22. The molecule has 3 aromatic carbocycles. The summed E-state index contributed by atoms with van der Waals surface area (Å²) in [7, 11) is 0. The van der Waals surface area contributed by atoms with Gasteiger partial charge in [-0.05, 0) is 71.2 Å². The van der Waals surface area contributed by atoms with Gasteiger partial charge >= 0.3 is 0 Å². The minimum Gasteiger partial charge on any atom is -0.206 e. The predicted octanol–water partition coefficient (Wildman–Crippen LogP) is 7.27. The van der Waals surface area contributed by atoms with E-state index in [9.17, 15) is 8.78 Å². The summed E-state index contributed by atoms with van der Waals surface area (Å²) in [6.45, 7) is 2.20. The molecule has 0 saturated heterocycles. The molecule has 0 fully saturated rings. The maximum absolute atomic E-state index is 15.2. The van der Waals surface area contributed by atoms with Crippen molar-refractivity contribution in [3.05, 3.63) is 82.7 Å². The zero-order valence-electron chi connectivity index (χ0n) is 16.0. The molecule has 0 radical (unpaired) electrons. The maximum Gasteiger partial charge on any atom is 0.159 e. The van der Waals surface area contributed by atoms with E-state index in [-0.39, 0.29) is 5.82 Å². The average molecular weight is 380 g/mol. The number of hydrogen-bond acceptors (Lipinski definition) is 0. The summed E-state index contributed by atoms with van der Waals surface area (Å²) in [5, 5.41) is 0. The molecule has 0 aliphatic heterocycles. The second-order valence-corrected chi connectivity index (χ2v) is 7.53. The average Bonchev–Trinajstić information content (AvgIpc) is 2.70. The van der Waals surface area contributed by atoms with Crippen LogP contribution in [0.3, 0.4) is 0 Å². The molecule has 0 atom stereocenters. The van der Waals surface area contributed by atoms with Gasteiger partial charge in [0.2, 0.25) is 0 Å². The molecule has 0 aromatic heterocycles. The molecule has 144 valence electrons. The number of fused-ring (bicyclic) bond motifs is 3. The third-order valence-electron chi connectivity index (χ3n) is 5.65. The van der Waals surface area contributed by atoms with Crippen LogP contribution in [0, 0.1) is 17.5 Å². The van der Waals surface area contributed by atoms with Crippen molar-refractivity contribution in [1.29, 1.82) is 0 Å². The van der Waals surface area contributed by atoms with Gasteiger partial charge in [-0.3, -0.25) is 0 Å². The second kappa shape index (κ2) is 7.83. The minimum absolute atomic E-state index is 0.317. The van der Waals surface area contributed by atoms with Gasteiger partial charge in [-0.25, -0.2) is 13.2 Å². The monoisotopic (exact) mass is 380 g/mol. The maximum atomic E-state index is 15.2. The van der Waals surface area contributed by atoms with Gasteiger partial charge in [0.05, 0.1) is 0 Å². The Labute approximate surface area is 164 Å². The zero-order valence-corrected chi connectivity index (χ0v) is 16.0. The van der Waals surface area contributed by atoms with Crippen molar-refractivity contribution in [2.45, 2.75) is 45.4 Å². The topological polar surface area (TPSA) is 0 Å². The normalized spacial score (nSPS) is 12.6. The Morgan fingerprint density at radius 3 is 2.32 bits per heavy atom. The molecule has 0 unspecified atom stereocenters. The van der Waals surface area contributed by atoms with Crippen LogP contribution in [0.5, 0.6) is 0 Å². The number of benzene rings is 3. The molecule has 3 aromatic rings. The van der Waals surface area contributed by atoms with Gasteiger partial charge in [-0.2, -0.15) is 0 Å². The fourth-order valence-corrected chi connectivity index (χ4v) is 4.12. The molecule has 3 heteroatoms. The van der Waals surface area contributed by atoms with Crippen LogP contribution in [-0.2, 0) is 19.3 Å². The Morgan fingerprint density at radius 2 is 1.54 bits per heavy atom. The highest BCUT2D eigenvalue weighted by Gasteiger charge is 2.22. The van der Waals surface area contributed by atoms with Crippen molar-refractivity contribution in [2.75, 3.05) is 0 Å². The van der Waals surface area contributed by atoms with Gasteiger partial charge in [0, 0.05) is 5.56 Å². The van der Waals surface area contributed by atoms with Crippen LogP contribution in [-0.4, -0.2) is 0 Å². The third-order valence-corrected chi connectivity index (χ3v) is 5.65. The Hall–Kier alpha value is -2.55. The van der Waals surface area contributed by atoms with Gasteiger partial charge in [-0.15, -0.1) is 0 Å². The van der Waals surface area contributed by atoms with Crippen LogP contribution < -0.4 is 0 Å². The Balaban J connectivity index is 1.70. The summed E-state index contributed by atoms with van der Waals surface area (Å²) in [6.07, 6.45) is 6.12. The molecule has 0 heterocycles. The SMILES string of the molecule is CCCCCc1ccc2c(c1)CCc1c-2ccc(-c2ccc(F)c(F)c2)c1F. The van der Waals surface area contributed by atoms with E-state index in [1.807, 2.05) is 6.07 Å². The first-order valence-electron chi connectivity index (χ1n) is 9.97. The van der Waals surface area contributed by atoms with Crippen molar-refractivity contribution in [1.82, 2.24) is 0 Å². The summed E-state index contributed by atoms with van der Waals surface area (Å²) in [6, 6.07) is 13.6. The molecular weight excluding hydrogens is 357 g/mol. The molecule has 0 N–H and O–H groups in total. The molecule has 0 amide bonds. The van der Waals surface area contributed by atoms with Crippen molar-refractivity contribution in [3.63, 3.8) is 0 Å². The predicted molar refractivity (Wildman–Crippen MR) is 108 cm³/mol. The van der Waals surface area contributed by atoms with Gasteiger partial charge in [0.15, 0.2) is 11.6 Å². The standard InChI is InChI=1S/C25H23F3/c1-2-3-4-5-16-6-9-19-17(14-16)7-10-22-21(19)12-11-20(25(22)28)18-8-13-23(26)24(27)15-18/h6,8-9,11-15H,2-5,7,10H2,1H3. The van der Waals surface area contributed by atoms with Gasteiger partial charge in [0.1, 0.15) is 5.82 Å². The van der Waals surface area contributed by atoms with E-state index in [1.165, 1.54) is 36.5 Å². The van der Waals surface area contributed by atoms with Crippen LogP contribution in [0.25, 0.3) is 22.3 Å². The largest absolute Gasteiger partial charge is 0.206 e. The van der Waals surface area contributed by atoms with E-state index in [1.54, 1.807) is 6.07 Å². The lowest BCUT2D eigenvalue weighted by Crippen LogP contribution is -2.08. The van der Waals surface area contributed by atoms with Crippen LogP contribution in [0.1, 0.15) is 42.9 Å². The lowest BCUT2D eigenvalue weighted by molar-refractivity contribution is 0.509. The van der Waals surface area contributed by atoms with Gasteiger partial charge in [-0.1, -0.05) is 56.2 Å². The third kappa shape index (κ3) is 3.46. The number of rotatable bonds is 5. The van der Waals surface area contributed by atoms with E-state index in [0.717, 1.165) is 36.1 Å². The van der Waals surface area contributed by atoms with E-state index >= 15 is 4.39 Å². The first-order valence-corrected chi connectivity index (χ1v) is 9.97. The number of hydrogen-bond donors (Lipinski definition) is 0. The highest BCUT2D eigenvalue weighted by Crippen LogP contribution is 2.39. The van der Waals surface area contributed by atoms with Crippen molar-refractivity contribution >= 4 is 0 Å². The zero-order chi connectivity index (χ0) is 19.7. The minimum atomic E-state index is -0.962. The van der Waals surface area contributed by atoms with Crippen LogP contribution in [0.15, 0.2) is 48.5 Å². The Kier molecular flexibility index (Phi) is 5.25. The smallest absolute Gasteiger partial charge is 0.159 e. The summed E-state index contributed by atoms with van der Waals surface area (Å²) in [5.74, 6) is -2.22. The van der Waals surface area contributed by atoms with Crippen molar-refractivity contribution in [2.24, 2.45) is 0 Å². The fraction of sp³-hybridized carbons (Fsp3) is 0.280. The number of unbranched alkanes of at least 4 members (excludes halogenated alkanes) is 2. The van der Waals surface area contributed by atoms with Gasteiger partial charge < -0.3 is 0 Å². The molecule has 1 aliphatic rings. The molecule has 0 spiro atoms. The Morgan fingerprint density at radius 1 is 0.750 bits per heavy atom. The fourth-order valence-electron chi connectivity index (χ4n) is 4.12. The molecule has 0 nitrogen and oxygen atoms in total. The summed E-state index contributed by atoms with van der Waals surface area (Å²) in [4.78, 5) is 0. The van der Waals surface area contributed by atoms with E-state index in [4.69, 9.17) is 0 Å². The summed E-state index contributed by atoms with van der Waals surface area (Å²) >= 11 is 0. The highest BCUT2D eigenvalue weighted by atomic mass is 19.2. The molecular formula is C25H23F3. The van der Waals surface area contributed by atoms with Gasteiger partial charge in [0.25, 0.3) is 0 Å². The van der Waals surface area contributed by atoms with Crippen molar-refractivity contribution < 1.29 is 13.2 Å². The first-order chi connectivity index (χ1) is 13.6. The molecule has 0 saturated carbocycles. The molecule has 1 aliphatic carbocycles. The van der Waals surface area contributed by atoms with Crippen LogP contribution in [0.4, 0.5) is 13.2 Å². The van der Waals surface area contributed by atoms with Crippen LogP contribution in [0.2, 0.25) is 0 Å². The quantitative estimate of drug-likeness (QED) is 0.408. The Bertz CT molecular complexity index is 1020. The molecule has 28 heavy (non-hydrogen) atoms. The van der Waals surface area contributed by atoms with E-state index < -0.39 is 11.6 Å². The summed E-state index contributed by atoms with van der Waals surface area (Å²) in [5.41, 5.74) is 5.93. The van der Waals surface area contributed by atoms with E-state index in [0.29, 0.717) is 23.1 Å². The van der Waals surface area contributed by atoms with Crippen LogP contribution >= 0.6 is 0 Å². The first kappa shape index (κ1) is 18.8. The summed E-state index contributed by atoms with van der Waals surface area (Å²) < 4.78 is 42.0.